The molecule has 1 atom stereocenters. The van der Waals surface area contributed by atoms with Crippen molar-refractivity contribution < 1.29 is 9.47 Å². The van der Waals surface area contributed by atoms with Gasteiger partial charge in [0.05, 0.1) is 12.8 Å². The number of para-hydroxylation sites is 2. The third kappa shape index (κ3) is 5.78. The van der Waals surface area contributed by atoms with Gasteiger partial charge in [0, 0.05) is 46.9 Å². The van der Waals surface area contributed by atoms with Gasteiger partial charge in [-0.05, 0) is 49.1 Å². The van der Waals surface area contributed by atoms with E-state index in [0.717, 1.165) is 50.9 Å². The molecule has 1 aromatic carbocycles. The first-order valence-electron chi connectivity index (χ1n) is 11.0. The van der Waals surface area contributed by atoms with Gasteiger partial charge >= 0.3 is 0 Å². The molecule has 2 fully saturated rings. The Morgan fingerprint density at radius 3 is 2.72 bits per heavy atom. The van der Waals surface area contributed by atoms with E-state index in [1.165, 1.54) is 37.8 Å². The minimum Gasteiger partial charge on any atom is -0.495 e. The molecule has 0 spiro atoms. The zero-order chi connectivity index (χ0) is 20.5. The lowest BCUT2D eigenvalue weighted by molar-refractivity contribution is 0.138. The highest BCUT2D eigenvalue weighted by Crippen LogP contribution is 2.40. The summed E-state index contributed by atoms with van der Waals surface area (Å²) in [5, 5.41) is 7.15. The number of hydrogen-bond acceptors (Lipinski definition) is 4. The molecular weight excluding hydrogens is 364 g/mol. The monoisotopic (exact) mass is 402 g/mol. The molecule has 1 aliphatic carbocycles. The van der Waals surface area contributed by atoms with E-state index in [4.69, 9.17) is 9.47 Å². The third-order valence-corrected chi connectivity index (χ3v) is 6.63. The van der Waals surface area contributed by atoms with Gasteiger partial charge in [-0.25, -0.2) is 0 Å². The molecule has 1 unspecified atom stereocenters. The molecular formula is C23H38N4O2. The Kier molecular flexibility index (Phi) is 8.04. The van der Waals surface area contributed by atoms with E-state index in [1.54, 1.807) is 14.2 Å². The normalized spacial score (nSPS) is 21.4. The molecule has 162 valence electrons. The summed E-state index contributed by atoms with van der Waals surface area (Å²) in [6, 6.07) is 8.29. The number of rotatable bonds is 9. The molecule has 1 aromatic rings. The number of ether oxygens (including phenoxy) is 2. The summed E-state index contributed by atoms with van der Waals surface area (Å²) in [4.78, 5) is 6.89. The standard InChI is InChI=1S/C23H38N4O2/c1-24-22(26-18-23(13-15-28-2)11-6-7-12-23)25-16-19-10-14-27(17-19)20-8-4-5-9-21(20)29-3/h4-5,8-9,19H,6-7,10-18H2,1-3H3,(H2,24,25,26). The van der Waals surface area contributed by atoms with Gasteiger partial charge in [0.15, 0.2) is 5.96 Å². The molecule has 1 heterocycles. The SMILES string of the molecule is CN=C(NCC1CCN(c2ccccc2OC)C1)NCC1(CCOC)CCCC1. The first-order chi connectivity index (χ1) is 14.2. The molecule has 1 saturated carbocycles. The highest BCUT2D eigenvalue weighted by Gasteiger charge is 2.33. The predicted octanol–water partition coefficient (Wildman–Crippen LogP) is 3.28. The van der Waals surface area contributed by atoms with E-state index in [-0.39, 0.29) is 0 Å². The third-order valence-electron chi connectivity index (χ3n) is 6.63. The van der Waals surface area contributed by atoms with Crippen molar-refractivity contribution in [3.05, 3.63) is 24.3 Å². The quantitative estimate of drug-likeness (QED) is 0.490. The largest absolute Gasteiger partial charge is 0.495 e. The van der Waals surface area contributed by atoms with Crippen LogP contribution in [-0.4, -0.2) is 60.0 Å². The zero-order valence-corrected chi connectivity index (χ0v) is 18.4. The summed E-state index contributed by atoms with van der Waals surface area (Å²) in [5.74, 6) is 2.48. The maximum Gasteiger partial charge on any atom is 0.191 e. The fraction of sp³-hybridized carbons (Fsp3) is 0.696. The van der Waals surface area contributed by atoms with Crippen LogP contribution in [0.1, 0.15) is 38.5 Å². The Hall–Kier alpha value is -1.95. The van der Waals surface area contributed by atoms with Crippen molar-refractivity contribution in [1.82, 2.24) is 10.6 Å². The summed E-state index contributed by atoms with van der Waals surface area (Å²) < 4.78 is 10.9. The topological polar surface area (TPSA) is 58.1 Å². The van der Waals surface area contributed by atoms with Gasteiger partial charge in [-0.15, -0.1) is 0 Å². The van der Waals surface area contributed by atoms with Crippen LogP contribution in [0.2, 0.25) is 0 Å². The van der Waals surface area contributed by atoms with Gasteiger partial charge in [-0.1, -0.05) is 25.0 Å². The second kappa shape index (κ2) is 10.7. The lowest BCUT2D eigenvalue weighted by Crippen LogP contribution is -2.45. The molecule has 1 aliphatic heterocycles. The maximum absolute atomic E-state index is 5.53. The summed E-state index contributed by atoms with van der Waals surface area (Å²) in [7, 11) is 5.40. The molecule has 2 N–H and O–H groups in total. The minimum absolute atomic E-state index is 0.363. The van der Waals surface area contributed by atoms with E-state index in [2.05, 4.69) is 32.7 Å². The van der Waals surface area contributed by atoms with Crippen molar-refractivity contribution in [2.45, 2.75) is 38.5 Å². The summed E-state index contributed by atoms with van der Waals surface area (Å²) in [5.41, 5.74) is 1.56. The molecule has 1 saturated heterocycles. The second-order valence-corrected chi connectivity index (χ2v) is 8.53. The number of guanidine groups is 1. The Morgan fingerprint density at radius 2 is 2.00 bits per heavy atom. The smallest absolute Gasteiger partial charge is 0.191 e. The van der Waals surface area contributed by atoms with Crippen LogP contribution in [0.4, 0.5) is 5.69 Å². The number of methoxy groups -OCH3 is 2. The lowest BCUT2D eigenvalue weighted by atomic mass is 9.83. The van der Waals surface area contributed by atoms with Crippen LogP contribution in [0.15, 0.2) is 29.3 Å². The lowest BCUT2D eigenvalue weighted by Gasteiger charge is -2.30. The number of hydrogen-bond donors (Lipinski definition) is 2. The van der Waals surface area contributed by atoms with E-state index in [0.29, 0.717) is 11.3 Å². The van der Waals surface area contributed by atoms with Crippen molar-refractivity contribution in [2.24, 2.45) is 16.3 Å². The first-order valence-corrected chi connectivity index (χ1v) is 11.0. The van der Waals surface area contributed by atoms with E-state index < -0.39 is 0 Å². The van der Waals surface area contributed by atoms with Crippen LogP contribution in [0.25, 0.3) is 0 Å². The predicted molar refractivity (Wildman–Crippen MR) is 120 cm³/mol. The number of anilines is 1. The van der Waals surface area contributed by atoms with Gasteiger partial charge < -0.3 is 25.0 Å². The van der Waals surface area contributed by atoms with Gasteiger partial charge in [0.25, 0.3) is 0 Å². The fourth-order valence-corrected chi connectivity index (χ4v) is 4.80. The molecule has 6 nitrogen and oxygen atoms in total. The average molecular weight is 403 g/mol. The molecule has 2 aliphatic rings. The molecule has 0 radical (unpaired) electrons. The van der Waals surface area contributed by atoms with Crippen molar-refractivity contribution in [1.29, 1.82) is 0 Å². The molecule has 3 rings (SSSR count). The number of benzene rings is 1. The van der Waals surface area contributed by atoms with Crippen molar-refractivity contribution in [2.75, 3.05) is 59.0 Å². The van der Waals surface area contributed by atoms with Gasteiger partial charge in [0.2, 0.25) is 0 Å². The Labute approximate surface area is 176 Å². The molecule has 0 bridgehead atoms. The molecule has 0 aromatic heterocycles. The summed E-state index contributed by atoms with van der Waals surface area (Å²) in [6.07, 6.45) is 7.55. The highest BCUT2D eigenvalue weighted by atomic mass is 16.5. The van der Waals surface area contributed by atoms with Crippen molar-refractivity contribution in [3.63, 3.8) is 0 Å². The van der Waals surface area contributed by atoms with Crippen LogP contribution in [0, 0.1) is 11.3 Å². The first kappa shape index (κ1) is 21.8. The van der Waals surface area contributed by atoms with Crippen molar-refractivity contribution >= 4 is 11.6 Å². The summed E-state index contributed by atoms with van der Waals surface area (Å²) in [6.45, 7) is 4.88. The van der Waals surface area contributed by atoms with Crippen LogP contribution < -0.4 is 20.3 Å². The summed E-state index contributed by atoms with van der Waals surface area (Å²) >= 11 is 0. The van der Waals surface area contributed by atoms with Gasteiger partial charge in [-0.2, -0.15) is 0 Å². The molecule has 6 heteroatoms. The Balaban J connectivity index is 1.46. The number of nitrogens with one attached hydrogen (secondary N) is 2. The molecule has 29 heavy (non-hydrogen) atoms. The van der Waals surface area contributed by atoms with E-state index >= 15 is 0 Å². The van der Waals surface area contributed by atoms with Crippen molar-refractivity contribution in [3.8, 4) is 5.75 Å². The fourth-order valence-electron chi connectivity index (χ4n) is 4.80. The number of aliphatic imine (C=N–C) groups is 1. The van der Waals surface area contributed by atoms with E-state index in [9.17, 15) is 0 Å². The molecule has 0 amide bonds. The van der Waals surface area contributed by atoms with E-state index in [1.807, 2.05) is 19.2 Å². The highest BCUT2D eigenvalue weighted by molar-refractivity contribution is 5.79. The Morgan fingerprint density at radius 1 is 1.21 bits per heavy atom. The maximum atomic E-state index is 5.53. The minimum atomic E-state index is 0.363. The van der Waals surface area contributed by atoms with Gasteiger partial charge in [-0.3, -0.25) is 4.99 Å². The second-order valence-electron chi connectivity index (χ2n) is 8.53. The van der Waals surface area contributed by atoms with Crippen LogP contribution in [0.5, 0.6) is 5.75 Å². The number of nitrogens with zero attached hydrogens (tertiary/aromatic N) is 2. The van der Waals surface area contributed by atoms with Crippen LogP contribution >= 0.6 is 0 Å². The zero-order valence-electron chi connectivity index (χ0n) is 18.4. The van der Waals surface area contributed by atoms with Crippen LogP contribution in [-0.2, 0) is 4.74 Å². The Bertz CT molecular complexity index is 658. The van der Waals surface area contributed by atoms with Gasteiger partial charge in [0.1, 0.15) is 5.75 Å². The average Bonchev–Trinajstić information content (AvgIpc) is 3.42. The van der Waals surface area contributed by atoms with Crippen LogP contribution in [0.3, 0.4) is 0 Å².